The summed E-state index contributed by atoms with van der Waals surface area (Å²) in [4.78, 5) is 20.6. The first kappa shape index (κ1) is 64.7. The third kappa shape index (κ3) is 68.7. The molecular weight excluding hydrogens is 792 g/mol. The van der Waals surface area contributed by atoms with E-state index in [2.05, 4.69) is 13.8 Å². The van der Waals surface area contributed by atoms with E-state index in [9.17, 15) is 19.8 Å². The van der Waals surface area contributed by atoms with Gasteiger partial charge in [-0.1, -0.05) is 322 Å². The van der Waals surface area contributed by atoms with E-state index in [1.54, 1.807) is 0 Å². The molecule has 0 aromatic rings. The Morgan fingerprint density at radius 1 is 0.213 bits per heavy atom. The fourth-order valence-corrected chi connectivity index (χ4v) is 8.82. The fourth-order valence-electron chi connectivity index (χ4n) is 8.82. The quantitative estimate of drug-likeness (QED) is 0.0450. The van der Waals surface area contributed by atoms with Gasteiger partial charge >= 0.3 is 17.1 Å². The van der Waals surface area contributed by atoms with Gasteiger partial charge in [-0.25, -0.2) is 0 Å². The molecule has 0 fully saturated rings. The summed E-state index contributed by atoms with van der Waals surface area (Å²) in [6, 6.07) is 0. The summed E-state index contributed by atoms with van der Waals surface area (Å²) in [6.45, 7) is 4.59. The number of hydrogen-bond donors (Lipinski definition) is 0. The second-order valence-electron chi connectivity index (χ2n) is 19.2. The van der Waals surface area contributed by atoms with Crippen LogP contribution in [0.1, 0.15) is 348 Å². The molecule has 0 aliphatic rings. The maximum absolute atomic E-state index is 10.3. The van der Waals surface area contributed by atoms with Crippen LogP contribution in [-0.2, 0) is 26.7 Å². The predicted molar refractivity (Wildman–Crippen MR) is 261 cm³/mol. The van der Waals surface area contributed by atoms with Crippen LogP contribution >= 0.6 is 0 Å². The maximum Gasteiger partial charge on any atom is 2.00 e. The smallest absolute Gasteiger partial charge is 0.550 e. The van der Waals surface area contributed by atoms with Crippen LogP contribution in [0.25, 0.3) is 0 Å². The van der Waals surface area contributed by atoms with Crippen molar-refractivity contribution in [2.45, 2.75) is 348 Å². The van der Waals surface area contributed by atoms with Crippen LogP contribution in [-0.4, -0.2) is 11.9 Å². The van der Waals surface area contributed by atoms with Crippen molar-refractivity contribution in [1.82, 2.24) is 0 Å². The first-order valence-electron chi connectivity index (χ1n) is 27.9. The molecule has 0 spiro atoms. The minimum Gasteiger partial charge on any atom is -0.550 e. The topological polar surface area (TPSA) is 80.3 Å². The second-order valence-corrected chi connectivity index (χ2v) is 19.2. The molecule has 0 aliphatic carbocycles. The summed E-state index contributed by atoms with van der Waals surface area (Å²) in [6.07, 6.45) is 69.3. The summed E-state index contributed by atoms with van der Waals surface area (Å²) in [5.74, 6) is -1.80. The fraction of sp³-hybridized carbons (Fsp3) is 0.964. The number of aliphatic carboxylic acids is 2. The van der Waals surface area contributed by atoms with Crippen LogP contribution in [0.2, 0.25) is 0 Å². The number of hydrogen-bond acceptors (Lipinski definition) is 4. The molecule has 0 heterocycles. The van der Waals surface area contributed by atoms with Crippen molar-refractivity contribution in [2.24, 2.45) is 0 Å². The van der Waals surface area contributed by atoms with Crippen molar-refractivity contribution in [3.05, 3.63) is 0 Å². The molecule has 0 aliphatic heterocycles. The van der Waals surface area contributed by atoms with E-state index in [0.717, 1.165) is 25.7 Å². The van der Waals surface area contributed by atoms with Gasteiger partial charge in [-0.15, -0.1) is 0 Å². The van der Waals surface area contributed by atoms with E-state index < -0.39 is 11.9 Å². The summed E-state index contributed by atoms with van der Waals surface area (Å²) in [7, 11) is 0. The Hall–Kier alpha value is -0.541. The van der Waals surface area contributed by atoms with Crippen molar-refractivity contribution < 1.29 is 36.9 Å². The molecule has 0 aromatic heterocycles. The Morgan fingerprint density at radius 2 is 0.311 bits per heavy atom. The van der Waals surface area contributed by atoms with E-state index in [-0.39, 0.29) is 29.9 Å². The Bertz CT molecular complexity index is 725. The van der Waals surface area contributed by atoms with Gasteiger partial charge in [0, 0.05) is 11.9 Å². The monoisotopic (exact) mass is 903 g/mol. The van der Waals surface area contributed by atoms with Crippen molar-refractivity contribution in [3.63, 3.8) is 0 Å². The molecule has 0 bridgehead atoms. The van der Waals surface area contributed by atoms with Gasteiger partial charge in [0.05, 0.1) is 0 Å². The van der Waals surface area contributed by atoms with E-state index in [4.69, 9.17) is 0 Å². The molecule has 5 heteroatoms. The molecule has 61 heavy (non-hydrogen) atoms. The largest absolute Gasteiger partial charge is 2.00 e. The number of rotatable bonds is 52. The Balaban J connectivity index is -0.00000109. The van der Waals surface area contributed by atoms with Crippen molar-refractivity contribution in [1.29, 1.82) is 0 Å². The van der Waals surface area contributed by atoms with E-state index in [1.807, 2.05) is 0 Å². The number of carbonyl (C=O) groups excluding carboxylic acids is 2. The molecule has 366 valence electrons. The molecular formula is C56H110FeO4. The molecule has 0 N–H and O–H groups in total. The molecule has 4 nitrogen and oxygen atoms in total. The van der Waals surface area contributed by atoms with Gasteiger partial charge < -0.3 is 19.8 Å². The van der Waals surface area contributed by atoms with Crippen LogP contribution < -0.4 is 10.2 Å². The van der Waals surface area contributed by atoms with Crippen molar-refractivity contribution >= 4 is 11.9 Å². The third-order valence-corrected chi connectivity index (χ3v) is 13.0. The van der Waals surface area contributed by atoms with E-state index in [1.165, 1.54) is 295 Å². The van der Waals surface area contributed by atoms with Crippen molar-refractivity contribution in [3.8, 4) is 0 Å². The van der Waals surface area contributed by atoms with Gasteiger partial charge in [0.2, 0.25) is 0 Å². The van der Waals surface area contributed by atoms with Gasteiger partial charge in [0.25, 0.3) is 0 Å². The summed E-state index contributed by atoms with van der Waals surface area (Å²) >= 11 is 0. The number of unbranched alkanes of at least 4 members (excludes halogenated alkanes) is 48. The summed E-state index contributed by atoms with van der Waals surface area (Å²) in [5.41, 5.74) is 0. The number of carboxylic acids is 2. The minimum absolute atomic E-state index is 0. The molecule has 0 amide bonds. The standard InChI is InChI=1S/2C28H56O2.Fe/c2*1-2-3-4-5-6-7-8-9-10-11-12-13-14-15-16-17-18-19-20-21-22-23-24-25-26-27-28(29)30;/h2*2-27H2,1H3,(H,29,30);/q;;+2/p-2. The van der Waals surface area contributed by atoms with Gasteiger partial charge in [0.1, 0.15) is 0 Å². The van der Waals surface area contributed by atoms with Crippen LogP contribution in [0.5, 0.6) is 0 Å². The molecule has 0 saturated heterocycles. The first-order chi connectivity index (χ1) is 29.5. The van der Waals surface area contributed by atoms with Crippen LogP contribution in [0.4, 0.5) is 0 Å². The van der Waals surface area contributed by atoms with Crippen LogP contribution in [0.3, 0.4) is 0 Å². The zero-order chi connectivity index (χ0) is 43.9. The normalized spacial score (nSPS) is 11.0. The number of carboxylic acid groups (broad SMARTS) is 2. The first-order valence-corrected chi connectivity index (χ1v) is 27.9. The van der Waals surface area contributed by atoms with E-state index >= 15 is 0 Å². The van der Waals surface area contributed by atoms with Gasteiger partial charge in [-0.3, -0.25) is 0 Å². The predicted octanol–water partition coefficient (Wildman–Crippen LogP) is 17.8. The Labute approximate surface area is 394 Å². The maximum atomic E-state index is 10.3. The zero-order valence-corrected chi connectivity index (χ0v) is 42.9. The zero-order valence-electron chi connectivity index (χ0n) is 41.8. The molecule has 0 saturated carbocycles. The minimum atomic E-state index is -0.899. The van der Waals surface area contributed by atoms with Crippen LogP contribution in [0.15, 0.2) is 0 Å². The molecule has 0 radical (unpaired) electrons. The summed E-state index contributed by atoms with van der Waals surface area (Å²) in [5, 5.41) is 20.6. The Kier molecular flexibility index (Phi) is 65.3. The molecule has 0 rings (SSSR count). The molecule has 0 aromatic carbocycles. The van der Waals surface area contributed by atoms with E-state index in [0.29, 0.717) is 0 Å². The van der Waals surface area contributed by atoms with Crippen LogP contribution in [0, 0.1) is 0 Å². The molecule has 0 unspecified atom stereocenters. The SMILES string of the molecule is CCCCCCCCCCCCCCCCCCCCCCCCCCCC(=O)[O-].CCCCCCCCCCCCCCCCCCCCCCCCCCCC(=O)[O-].[Fe+2]. The van der Waals surface area contributed by atoms with Crippen molar-refractivity contribution in [2.75, 3.05) is 0 Å². The Morgan fingerprint density at radius 3 is 0.410 bits per heavy atom. The summed E-state index contributed by atoms with van der Waals surface area (Å²) < 4.78 is 0. The average molecular weight is 903 g/mol. The second kappa shape index (κ2) is 61.5. The van der Waals surface area contributed by atoms with Gasteiger partial charge in [0.15, 0.2) is 0 Å². The number of carbonyl (C=O) groups is 2. The van der Waals surface area contributed by atoms with Gasteiger partial charge in [-0.2, -0.15) is 0 Å². The average Bonchev–Trinajstić information content (AvgIpc) is 3.23. The third-order valence-electron chi connectivity index (χ3n) is 13.0. The molecule has 0 atom stereocenters. The van der Waals surface area contributed by atoms with Gasteiger partial charge in [-0.05, 0) is 25.7 Å².